The van der Waals surface area contributed by atoms with Gasteiger partial charge in [-0.1, -0.05) is 6.92 Å². The molecule has 0 spiro atoms. The minimum absolute atomic E-state index is 0.149. The number of nitrogens with one attached hydrogen (secondary N) is 1. The average Bonchev–Trinajstić information content (AvgIpc) is 2.64. The highest BCUT2D eigenvalue weighted by Gasteiger charge is 2.24. The summed E-state index contributed by atoms with van der Waals surface area (Å²) >= 11 is 0. The molecular weight excluding hydrogens is 216 g/mol. The molecule has 1 aromatic rings. The molecule has 0 aliphatic carbocycles. The number of aliphatic hydroxyl groups is 1. The second kappa shape index (κ2) is 6.12. The number of hydrogen-bond acceptors (Lipinski definition) is 4. The first-order chi connectivity index (χ1) is 8.06. The van der Waals surface area contributed by atoms with Gasteiger partial charge in [-0.05, 0) is 40.2 Å². The molecule has 5 heteroatoms. The minimum atomic E-state index is -0.149. The lowest BCUT2D eigenvalue weighted by atomic mass is 9.91. The van der Waals surface area contributed by atoms with Crippen LogP contribution in [0, 0.1) is 13.8 Å². The van der Waals surface area contributed by atoms with Crippen LogP contribution in [-0.4, -0.2) is 39.1 Å². The third-order valence-corrected chi connectivity index (χ3v) is 3.50. The van der Waals surface area contributed by atoms with Crippen molar-refractivity contribution >= 4 is 0 Å². The molecule has 2 N–H and O–H groups in total. The van der Waals surface area contributed by atoms with Crippen LogP contribution in [0.25, 0.3) is 0 Å². The van der Waals surface area contributed by atoms with Crippen molar-refractivity contribution < 1.29 is 5.11 Å². The van der Waals surface area contributed by atoms with Crippen molar-refractivity contribution in [2.75, 3.05) is 13.7 Å². The highest BCUT2D eigenvalue weighted by molar-refractivity contribution is 4.88. The van der Waals surface area contributed by atoms with E-state index >= 15 is 0 Å². The number of nitrogens with zero attached hydrogens (tertiary/aromatic N) is 3. The Morgan fingerprint density at radius 2 is 2.12 bits per heavy atom. The van der Waals surface area contributed by atoms with Crippen molar-refractivity contribution in [3.05, 3.63) is 11.6 Å². The second-order valence-corrected chi connectivity index (χ2v) is 4.57. The van der Waals surface area contributed by atoms with E-state index in [9.17, 15) is 5.11 Å². The average molecular weight is 240 g/mol. The van der Waals surface area contributed by atoms with E-state index in [0.29, 0.717) is 0 Å². The van der Waals surface area contributed by atoms with Crippen LogP contribution in [-0.2, 0) is 6.54 Å². The SMILES string of the molecule is CCC(CO)(CCCn1nc(C)nc1C)NC. The van der Waals surface area contributed by atoms with E-state index in [2.05, 4.69) is 22.3 Å². The van der Waals surface area contributed by atoms with Gasteiger partial charge in [-0.25, -0.2) is 4.98 Å². The van der Waals surface area contributed by atoms with Gasteiger partial charge in [0.05, 0.1) is 6.61 Å². The minimum Gasteiger partial charge on any atom is -0.394 e. The summed E-state index contributed by atoms with van der Waals surface area (Å²) in [7, 11) is 1.91. The maximum atomic E-state index is 9.44. The molecule has 0 amide bonds. The van der Waals surface area contributed by atoms with Crippen molar-refractivity contribution in [1.29, 1.82) is 0 Å². The fraction of sp³-hybridized carbons (Fsp3) is 0.833. The summed E-state index contributed by atoms with van der Waals surface area (Å²) in [4.78, 5) is 4.27. The molecule has 0 aliphatic heterocycles. The number of aryl methyl sites for hydroxylation is 3. The van der Waals surface area contributed by atoms with Gasteiger partial charge in [0.2, 0.25) is 0 Å². The lowest BCUT2D eigenvalue weighted by Gasteiger charge is -2.30. The molecule has 0 aliphatic rings. The monoisotopic (exact) mass is 240 g/mol. The molecule has 1 rings (SSSR count). The Morgan fingerprint density at radius 3 is 2.53 bits per heavy atom. The van der Waals surface area contributed by atoms with Crippen LogP contribution in [0.4, 0.5) is 0 Å². The van der Waals surface area contributed by atoms with Crippen molar-refractivity contribution in [3.63, 3.8) is 0 Å². The zero-order chi connectivity index (χ0) is 12.9. The summed E-state index contributed by atoms with van der Waals surface area (Å²) in [5.74, 6) is 1.78. The molecule has 1 heterocycles. The molecule has 1 aromatic heterocycles. The van der Waals surface area contributed by atoms with Crippen LogP contribution in [0.15, 0.2) is 0 Å². The van der Waals surface area contributed by atoms with Crippen LogP contribution < -0.4 is 5.32 Å². The molecule has 17 heavy (non-hydrogen) atoms. The molecule has 5 nitrogen and oxygen atoms in total. The van der Waals surface area contributed by atoms with E-state index < -0.39 is 0 Å². The predicted molar refractivity (Wildman–Crippen MR) is 67.9 cm³/mol. The normalized spacial score (nSPS) is 14.9. The zero-order valence-electron chi connectivity index (χ0n) is 11.3. The topological polar surface area (TPSA) is 63.0 Å². The van der Waals surface area contributed by atoms with Crippen LogP contribution in [0.1, 0.15) is 37.8 Å². The van der Waals surface area contributed by atoms with Crippen LogP contribution in [0.2, 0.25) is 0 Å². The second-order valence-electron chi connectivity index (χ2n) is 4.57. The largest absolute Gasteiger partial charge is 0.394 e. The van der Waals surface area contributed by atoms with E-state index in [1.807, 2.05) is 25.6 Å². The number of rotatable bonds is 7. The number of aliphatic hydroxyl groups excluding tert-OH is 1. The Labute approximate surface area is 103 Å². The molecule has 1 atom stereocenters. The van der Waals surface area contributed by atoms with E-state index in [-0.39, 0.29) is 12.1 Å². The fourth-order valence-electron chi connectivity index (χ4n) is 2.09. The summed E-state index contributed by atoms with van der Waals surface area (Å²) in [6.07, 6.45) is 2.85. The van der Waals surface area contributed by atoms with Crippen LogP contribution in [0.5, 0.6) is 0 Å². The first-order valence-electron chi connectivity index (χ1n) is 6.24. The third-order valence-electron chi connectivity index (χ3n) is 3.50. The Hall–Kier alpha value is -0.940. The van der Waals surface area contributed by atoms with E-state index in [4.69, 9.17) is 0 Å². The van der Waals surface area contributed by atoms with Crippen molar-refractivity contribution in [3.8, 4) is 0 Å². The Bertz CT molecular complexity index is 336. The van der Waals surface area contributed by atoms with Gasteiger partial charge in [-0.3, -0.25) is 4.68 Å². The van der Waals surface area contributed by atoms with Gasteiger partial charge in [-0.15, -0.1) is 0 Å². The summed E-state index contributed by atoms with van der Waals surface area (Å²) in [6.45, 7) is 7.00. The molecule has 0 fully saturated rings. The standard InChI is InChI=1S/C12H24N4O/c1-5-12(9-17,13-4)7-6-8-16-11(3)14-10(2)15-16/h13,17H,5-9H2,1-4H3. The quantitative estimate of drug-likeness (QED) is 0.747. The molecular formula is C12H24N4O. The van der Waals surface area contributed by atoms with Gasteiger partial charge in [-0.2, -0.15) is 5.10 Å². The van der Waals surface area contributed by atoms with Gasteiger partial charge in [0.15, 0.2) is 0 Å². The molecule has 0 saturated heterocycles. The van der Waals surface area contributed by atoms with Gasteiger partial charge in [0.1, 0.15) is 11.6 Å². The van der Waals surface area contributed by atoms with Crippen LogP contribution >= 0.6 is 0 Å². The number of hydrogen-bond donors (Lipinski definition) is 2. The van der Waals surface area contributed by atoms with Crippen molar-refractivity contribution in [2.45, 2.75) is 52.1 Å². The fourth-order valence-corrected chi connectivity index (χ4v) is 2.09. The van der Waals surface area contributed by atoms with Gasteiger partial charge >= 0.3 is 0 Å². The molecule has 0 radical (unpaired) electrons. The smallest absolute Gasteiger partial charge is 0.147 e. The Morgan fingerprint density at radius 1 is 1.41 bits per heavy atom. The Kier molecular flexibility index (Phi) is 5.08. The summed E-state index contributed by atoms with van der Waals surface area (Å²) < 4.78 is 1.93. The van der Waals surface area contributed by atoms with Gasteiger partial charge < -0.3 is 10.4 Å². The van der Waals surface area contributed by atoms with Gasteiger partial charge in [0.25, 0.3) is 0 Å². The lowest BCUT2D eigenvalue weighted by molar-refractivity contribution is 0.150. The molecule has 1 unspecified atom stereocenters. The number of aromatic nitrogens is 3. The molecule has 0 saturated carbocycles. The number of likely N-dealkylation sites (N-methyl/N-ethyl adjacent to an activating group) is 1. The predicted octanol–water partition coefficient (Wildman–Crippen LogP) is 1.04. The van der Waals surface area contributed by atoms with Gasteiger partial charge in [0, 0.05) is 12.1 Å². The third kappa shape index (κ3) is 3.51. The highest BCUT2D eigenvalue weighted by Crippen LogP contribution is 2.17. The highest BCUT2D eigenvalue weighted by atomic mass is 16.3. The Balaban J connectivity index is 2.49. The van der Waals surface area contributed by atoms with Crippen molar-refractivity contribution in [1.82, 2.24) is 20.1 Å². The summed E-state index contributed by atoms with van der Waals surface area (Å²) in [5, 5.41) is 17.0. The van der Waals surface area contributed by atoms with E-state index in [0.717, 1.165) is 37.5 Å². The maximum Gasteiger partial charge on any atom is 0.147 e. The molecule has 0 aromatic carbocycles. The zero-order valence-corrected chi connectivity index (χ0v) is 11.3. The summed E-state index contributed by atoms with van der Waals surface area (Å²) in [6, 6.07) is 0. The summed E-state index contributed by atoms with van der Waals surface area (Å²) in [5.41, 5.74) is -0.149. The first-order valence-corrected chi connectivity index (χ1v) is 6.24. The molecule has 98 valence electrons. The lowest BCUT2D eigenvalue weighted by Crippen LogP contribution is -2.46. The maximum absolute atomic E-state index is 9.44. The van der Waals surface area contributed by atoms with Crippen molar-refractivity contribution in [2.24, 2.45) is 0 Å². The first kappa shape index (κ1) is 14.1. The molecule has 0 bridgehead atoms. The van der Waals surface area contributed by atoms with E-state index in [1.165, 1.54) is 0 Å². The van der Waals surface area contributed by atoms with Crippen LogP contribution in [0.3, 0.4) is 0 Å². The van der Waals surface area contributed by atoms with E-state index in [1.54, 1.807) is 0 Å².